The van der Waals surface area contributed by atoms with Gasteiger partial charge >= 0.3 is 0 Å². The van der Waals surface area contributed by atoms with E-state index in [-0.39, 0.29) is 18.0 Å². The van der Waals surface area contributed by atoms with Gasteiger partial charge in [0.05, 0.1) is 19.3 Å². The van der Waals surface area contributed by atoms with E-state index in [1.54, 1.807) is 6.08 Å². The topological polar surface area (TPSA) is 76.0 Å². The second-order valence-corrected chi connectivity index (χ2v) is 6.90. The van der Waals surface area contributed by atoms with Gasteiger partial charge in [-0.15, -0.1) is 0 Å². The summed E-state index contributed by atoms with van der Waals surface area (Å²) in [6.07, 6.45) is 6.94. The molecule has 1 aliphatic carbocycles. The number of aliphatic hydroxyl groups excluding tert-OH is 1. The summed E-state index contributed by atoms with van der Waals surface area (Å²) in [7, 11) is 1.47. The number of allylic oxidation sites excluding steroid dienone is 5. The van der Waals surface area contributed by atoms with Crippen molar-refractivity contribution >= 4 is 5.78 Å². The van der Waals surface area contributed by atoms with Crippen molar-refractivity contribution in [1.29, 1.82) is 0 Å². The highest BCUT2D eigenvalue weighted by molar-refractivity contribution is 6.03. The first-order valence-corrected chi connectivity index (χ1v) is 8.75. The maximum Gasteiger partial charge on any atom is 0.174 e. The van der Waals surface area contributed by atoms with E-state index in [0.29, 0.717) is 47.6 Å². The molecule has 3 rings (SSSR count). The summed E-state index contributed by atoms with van der Waals surface area (Å²) in [4.78, 5) is 12.8. The third kappa shape index (κ3) is 3.47. The molecule has 1 atom stereocenters. The van der Waals surface area contributed by atoms with E-state index in [1.807, 2.05) is 26.0 Å². The summed E-state index contributed by atoms with van der Waals surface area (Å²) >= 11 is 0. The highest BCUT2D eigenvalue weighted by atomic mass is 16.5. The number of rotatable bonds is 4. The smallest absolute Gasteiger partial charge is 0.174 e. The van der Waals surface area contributed by atoms with Crippen LogP contribution in [0.4, 0.5) is 0 Å². The Labute approximate surface area is 153 Å². The number of methoxy groups -OCH3 is 1. The Bertz CT molecular complexity index is 825. The van der Waals surface area contributed by atoms with E-state index in [0.717, 1.165) is 11.1 Å². The molecule has 0 unspecified atom stereocenters. The van der Waals surface area contributed by atoms with Crippen LogP contribution in [0.25, 0.3) is 0 Å². The van der Waals surface area contributed by atoms with Gasteiger partial charge in [-0.25, -0.2) is 0 Å². The van der Waals surface area contributed by atoms with Gasteiger partial charge in [-0.1, -0.05) is 17.7 Å². The third-order valence-electron chi connectivity index (χ3n) is 4.74. The van der Waals surface area contributed by atoms with Crippen molar-refractivity contribution in [3.63, 3.8) is 0 Å². The van der Waals surface area contributed by atoms with Crippen LogP contribution in [0.1, 0.15) is 49.0 Å². The molecule has 0 saturated heterocycles. The molecular formula is C21H24O5. The van der Waals surface area contributed by atoms with Crippen molar-refractivity contribution in [2.24, 2.45) is 0 Å². The molecule has 2 N–H and O–H groups in total. The van der Waals surface area contributed by atoms with Crippen molar-refractivity contribution in [2.75, 3.05) is 7.11 Å². The molecule has 2 aliphatic rings. The van der Waals surface area contributed by atoms with E-state index < -0.39 is 6.10 Å². The number of benzene rings is 1. The van der Waals surface area contributed by atoms with Crippen molar-refractivity contribution in [1.82, 2.24) is 0 Å². The molecule has 0 fully saturated rings. The molecule has 1 aromatic carbocycles. The monoisotopic (exact) mass is 356 g/mol. The average Bonchev–Trinajstić information content (AvgIpc) is 2.60. The molecule has 0 radical (unpaired) electrons. The molecule has 1 aromatic rings. The Morgan fingerprint density at radius 2 is 2.08 bits per heavy atom. The Morgan fingerprint density at radius 1 is 1.31 bits per heavy atom. The summed E-state index contributed by atoms with van der Waals surface area (Å²) < 4.78 is 11.5. The number of carbonyl (C=O) groups excluding carboxylic acids is 1. The van der Waals surface area contributed by atoms with Crippen LogP contribution in [0.15, 0.2) is 41.2 Å². The quantitative estimate of drug-likeness (QED) is 0.782. The first kappa shape index (κ1) is 18.1. The van der Waals surface area contributed by atoms with Gasteiger partial charge in [-0.05, 0) is 38.3 Å². The van der Waals surface area contributed by atoms with E-state index >= 15 is 0 Å². The fraction of sp³-hybridized carbons (Fsp3) is 0.381. The second kappa shape index (κ2) is 7.28. The first-order chi connectivity index (χ1) is 12.4. The van der Waals surface area contributed by atoms with E-state index in [2.05, 4.69) is 0 Å². The van der Waals surface area contributed by atoms with Gasteiger partial charge in [0.2, 0.25) is 0 Å². The van der Waals surface area contributed by atoms with Crippen LogP contribution >= 0.6 is 0 Å². The molecule has 0 aromatic heterocycles. The molecule has 1 heterocycles. The van der Waals surface area contributed by atoms with E-state index in [4.69, 9.17) is 9.47 Å². The zero-order valence-corrected chi connectivity index (χ0v) is 15.3. The van der Waals surface area contributed by atoms with Gasteiger partial charge in [0.15, 0.2) is 5.78 Å². The molecule has 0 amide bonds. The SMILES string of the molecule is COc1cc(O)c(CC=C(C)C)c2c1C(=O)C[C@@H](C1=CC=C(O)CC1)O2. The standard InChI is InChI=1S/C21H24O5/c1-12(2)4-9-15-16(23)10-19(25-3)20-17(24)11-18(26-21(15)20)13-5-7-14(22)8-6-13/h4-5,7,10,18,22-23H,6,8-9,11H2,1-3H3/t18-/m0/s1. The molecule has 0 spiro atoms. The Morgan fingerprint density at radius 3 is 2.69 bits per heavy atom. The third-order valence-corrected chi connectivity index (χ3v) is 4.74. The molecule has 0 saturated carbocycles. The van der Waals surface area contributed by atoms with Gasteiger partial charge in [0, 0.05) is 18.1 Å². The molecule has 26 heavy (non-hydrogen) atoms. The number of hydrogen-bond donors (Lipinski definition) is 2. The summed E-state index contributed by atoms with van der Waals surface area (Å²) in [5.74, 6) is 1.06. The van der Waals surface area contributed by atoms with Crippen LogP contribution in [-0.4, -0.2) is 29.2 Å². The molecular weight excluding hydrogens is 332 g/mol. The van der Waals surface area contributed by atoms with Gasteiger partial charge in [0.25, 0.3) is 0 Å². The van der Waals surface area contributed by atoms with Crippen molar-refractivity contribution in [3.8, 4) is 17.2 Å². The largest absolute Gasteiger partial charge is 0.512 e. The summed E-state index contributed by atoms with van der Waals surface area (Å²) in [6, 6.07) is 1.48. The first-order valence-electron chi connectivity index (χ1n) is 8.75. The second-order valence-electron chi connectivity index (χ2n) is 6.90. The van der Waals surface area contributed by atoms with Crippen LogP contribution in [0.2, 0.25) is 0 Å². The lowest BCUT2D eigenvalue weighted by atomic mass is 9.89. The minimum absolute atomic E-state index is 0.0571. The lowest BCUT2D eigenvalue weighted by molar-refractivity contribution is 0.0874. The van der Waals surface area contributed by atoms with Crippen LogP contribution in [-0.2, 0) is 6.42 Å². The number of aliphatic hydroxyl groups is 1. The molecule has 0 bridgehead atoms. The van der Waals surface area contributed by atoms with Gasteiger partial charge < -0.3 is 19.7 Å². The number of phenols is 1. The van der Waals surface area contributed by atoms with Crippen molar-refractivity contribution in [2.45, 2.75) is 45.6 Å². The molecule has 1 aliphatic heterocycles. The number of aromatic hydroxyl groups is 1. The van der Waals surface area contributed by atoms with Crippen LogP contribution < -0.4 is 9.47 Å². The number of fused-ring (bicyclic) bond motifs is 1. The van der Waals surface area contributed by atoms with Crippen LogP contribution in [0.5, 0.6) is 17.2 Å². The minimum atomic E-state index is -0.392. The molecule has 5 nitrogen and oxygen atoms in total. The number of ether oxygens (including phenoxy) is 2. The maximum atomic E-state index is 12.8. The van der Waals surface area contributed by atoms with Gasteiger partial charge in [-0.3, -0.25) is 4.79 Å². The Balaban J connectivity index is 2.06. The van der Waals surface area contributed by atoms with Crippen molar-refractivity contribution < 1.29 is 24.5 Å². The predicted molar refractivity (Wildman–Crippen MR) is 99.2 cm³/mol. The zero-order valence-electron chi connectivity index (χ0n) is 15.3. The number of Topliss-reactive ketones (excluding diaryl/α,β-unsaturated/α-hetero) is 1. The highest BCUT2D eigenvalue weighted by Crippen LogP contribution is 2.44. The number of hydrogen-bond acceptors (Lipinski definition) is 5. The lowest BCUT2D eigenvalue weighted by Gasteiger charge is -2.30. The summed E-state index contributed by atoms with van der Waals surface area (Å²) in [5, 5.41) is 20.0. The van der Waals surface area contributed by atoms with Crippen molar-refractivity contribution in [3.05, 3.63) is 52.3 Å². The summed E-state index contributed by atoms with van der Waals surface area (Å²) in [6.45, 7) is 3.96. The normalized spacial score (nSPS) is 19.0. The fourth-order valence-corrected chi connectivity index (χ4v) is 3.29. The Hall–Kier alpha value is -2.69. The van der Waals surface area contributed by atoms with E-state index in [1.165, 1.54) is 13.2 Å². The Kier molecular flexibility index (Phi) is 5.07. The summed E-state index contributed by atoms with van der Waals surface area (Å²) in [5.41, 5.74) is 3.07. The maximum absolute atomic E-state index is 12.8. The number of ketones is 1. The molecule has 138 valence electrons. The lowest BCUT2D eigenvalue weighted by Crippen LogP contribution is -2.30. The van der Waals surface area contributed by atoms with Crippen LogP contribution in [0, 0.1) is 0 Å². The average molecular weight is 356 g/mol. The van der Waals surface area contributed by atoms with Crippen LogP contribution in [0.3, 0.4) is 0 Å². The van der Waals surface area contributed by atoms with E-state index in [9.17, 15) is 15.0 Å². The fourth-order valence-electron chi connectivity index (χ4n) is 3.29. The van der Waals surface area contributed by atoms with Gasteiger partial charge in [-0.2, -0.15) is 0 Å². The van der Waals surface area contributed by atoms with Gasteiger partial charge in [0.1, 0.15) is 28.9 Å². The predicted octanol–water partition coefficient (Wildman–Crippen LogP) is 4.41. The zero-order chi connectivity index (χ0) is 18.8. The number of carbonyl (C=O) groups is 1. The minimum Gasteiger partial charge on any atom is -0.512 e. The molecule has 5 heteroatoms. The number of phenolic OH excluding ortho intramolecular Hbond substituents is 1. The highest BCUT2D eigenvalue weighted by Gasteiger charge is 2.34.